The zero-order valence-electron chi connectivity index (χ0n) is 18.9. The van der Waals surface area contributed by atoms with Crippen molar-refractivity contribution in [1.29, 1.82) is 0 Å². The van der Waals surface area contributed by atoms with Crippen molar-refractivity contribution in [2.45, 2.75) is 39.2 Å². The first-order chi connectivity index (χ1) is 15.6. The third-order valence-electron chi connectivity index (χ3n) is 6.59. The molecule has 2 aromatic rings. The van der Waals surface area contributed by atoms with Crippen molar-refractivity contribution in [3.63, 3.8) is 0 Å². The topological polar surface area (TPSA) is 127 Å². The molecular weight excluding hydrogens is 431 g/mol. The smallest absolute Gasteiger partial charge is 0.341 e. The third-order valence-corrected chi connectivity index (χ3v) is 6.59. The van der Waals surface area contributed by atoms with Crippen molar-refractivity contribution in [2.24, 2.45) is 16.3 Å². The molecule has 1 unspecified atom stereocenters. The number of halogens is 1. The minimum Gasteiger partial charge on any atom is -0.477 e. The van der Waals surface area contributed by atoms with Gasteiger partial charge in [-0.3, -0.25) is 9.59 Å². The number of benzene rings is 1. The van der Waals surface area contributed by atoms with Gasteiger partial charge in [0.15, 0.2) is 5.78 Å². The Hall–Kier alpha value is -3.27. The van der Waals surface area contributed by atoms with E-state index in [0.29, 0.717) is 19.5 Å². The van der Waals surface area contributed by atoms with Crippen LogP contribution in [0, 0.1) is 11.2 Å². The van der Waals surface area contributed by atoms with Gasteiger partial charge in [0.25, 0.3) is 0 Å². The first-order valence-electron chi connectivity index (χ1n) is 10.8. The van der Waals surface area contributed by atoms with Crippen LogP contribution < -0.4 is 16.1 Å². The monoisotopic (exact) mass is 458 g/mol. The molecule has 176 valence electrons. The van der Waals surface area contributed by atoms with Crippen LogP contribution in [0.3, 0.4) is 0 Å². The summed E-state index contributed by atoms with van der Waals surface area (Å²) in [6.45, 7) is 4.15. The maximum atomic E-state index is 15.6. The van der Waals surface area contributed by atoms with E-state index in [1.54, 1.807) is 9.47 Å². The Kier molecular flexibility index (Phi) is 5.73. The highest BCUT2D eigenvalue weighted by atomic mass is 19.1. The number of carbonyl (C=O) groups excluding carboxylic acids is 1. The molecule has 2 fully saturated rings. The number of nitrogens with two attached hydrogens (primary N) is 1. The summed E-state index contributed by atoms with van der Waals surface area (Å²) in [6.07, 6.45) is 3.31. The minimum atomic E-state index is -1.38. The average Bonchev–Trinajstić information content (AvgIpc) is 3.60. The number of aromatic nitrogens is 1. The quantitative estimate of drug-likeness (QED) is 0.503. The Balaban J connectivity index is 1.99. The zero-order chi connectivity index (χ0) is 24.1. The standard InChI is InChI=1S/C23H27FN4O5/c1-12(29)18-19-14(21(30)15(22(31)32)9-28(19)13-4-5-13)8-16(24)20(18)27-7-6-17(26-33-3)23(2,10-25)11-27/h8-9,13H,4-7,10-11,25H2,1-3H3,(H,31,32)/b26-17-. The minimum absolute atomic E-state index is 0.0429. The summed E-state index contributed by atoms with van der Waals surface area (Å²) in [7, 11) is 1.45. The molecule has 33 heavy (non-hydrogen) atoms. The molecule has 1 saturated heterocycles. The normalized spacial score (nSPS) is 22.1. The van der Waals surface area contributed by atoms with Gasteiger partial charge in [0, 0.05) is 43.7 Å². The summed E-state index contributed by atoms with van der Waals surface area (Å²) in [4.78, 5) is 44.2. The predicted octanol–water partition coefficient (Wildman–Crippen LogP) is 2.55. The van der Waals surface area contributed by atoms with Crippen LogP contribution in [0.2, 0.25) is 0 Å². The van der Waals surface area contributed by atoms with Gasteiger partial charge < -0.3 is 25.1 Å². The first kappa shape index (κ1) is 22.9. The Morgan fingerprint density at radius 3 is 2.64 bits per heavy atom. The van der Waals surface area contributed by atoms with E-state index < -0.39 is 34.0 Å². The van der Waals surface area contributed by atoms with Crippen molar-refractivity contribution in [3.8, 4) is 0 Å². The van der Waals surface area contributed by atoms with Crippen LogP contribution >= 0.6 is 0 Å². The summed E-state index contributed by atoms with van der Waals surface area (Å²) in [5.74, 6) is -2.54. The summed E-state index contributed by atoms with van der Waals surface area (Å²) >= 11 is 0. The van der Waals surface area contributed by atoms with Gasteiger partial charge in [-0.1, -0.05) is 12.1 Å². The molecule has 1 aromatic carbocycles. The van der Waals surface area contributed by atoms with Gasteiger partial charge in [-0.05, 0) is 25.8 Å². The Bertz CT molecular complexity index is 1250. The molecule has 1 saturated carbocycles. The number of pyridine rings is 1. The number of rotatable bonds is 6. The van der Waals surface area contributed by atoms with Crippen LogP contribution in [0.5, 0.6) is 0 Å². The van der Waals surface area contributed by atoms with E-state index in [4.69, 9.17) is 10.6 Å². The van der Waals surface area contributed by atoms with Crippen LogP contribution in [0.4, 0.5) is 10.1 Å². The number of hydrogen-bond acceptors (Lipinski definition) is 7. The number of oxime groups is 1. The van der Waals surface area contributed by atoms with Crippen molar-refractivity contribution in [1.82, 2.24) is 4.57 Å². The highest BCUT2D eigenvalue weighted by Gasteiger charge is 2.39. The molecule has 0 spiro atoms. The lowest BCUT2D eigenvalue weighted by molar-refractivity contribution is 0.0694. The molecule has 1 aliphatic heterocycles. The number of piperidine rings is 1. The molecule has 0 amide bonds. The fraction of sp³-hybridized carbons (Fsp3) is 0.478. The summed E-state index contributed by atoms with van der Waals surface area (Å²) < 4.78 is 17.3. The number of Topliss-reactive ketones (excluding diaryl/α,β-unsaturated/α-hetero) is 1. The molecule has 0 radical (unpaired) electrons. The molecule has 2 aliphatic rings. The summed E-state index contributed by atoms with van der Waals surface area (Å²) in [6, 6.07) is 1.02. The molecule has 9 nitrogen and oxygen atoms in total. The SMILES string of the molecule is CO/N=C1/CCN(c2c(F)cc3c(=O)c(C(=O)O)cn(C4CC4)c3c2C(C)=O)CC1(C)CN. The van der Waals surface area contributed by atoms with Crippen LogP contribution in [-0.4, -0.2) is 53.9 Å². The number of carboxylic acids is 1. The second kappa shape index (κ2) is 8.26. The first-order valence-corrected chi connectivity index (χ1v) is 10.8. The van der Waals surface area contributed by atoms with Crippen molar-refractivity contribution < 1.29 is 23.9 Å². The van der Waals surface area contributed by atoms with Crippen LogP contribution in [0.1, 0.15) is 59.9 Å². The predicted molar refractivity (Wildman–Crippen MR) is 122 cm³/mol. The number of anilines is 1. The van der Waals surface area contributed by atoms with E-state index in [2.05, 4.69) is 5.16 Å². The second-order valence-electron chi connectivity index (χ2n) is 9.01. The van der Waals surface area contributed by atoms with Gasteiger partial charge >= 0.3 is 5.97 Å². The number of carboxylic acid groups (broad SMARTS) is 1. The van der Waals surface area contributed by atoms with Gasteiger partial charge in [0.05, 0.1) is 27.9 Å². The molecule has 1 aliphatic carbocycles. The highest BCUT2D eigenvalue weighted by Crippen LogP contribution is 2.41. The summed E-state index contributed by atoms with van der Waals surface area (Å²) in [5.41, 5.74) is 5.41. The van der Waals surface area contributed by atoms with E-state index in [9.17, 15) is 19.5 Å². The summed E-state index contributed by atoms with van der Waals surface area (Å²) in [5, 5.41) is 13.5. The highest BCUT2D eigenvalue weighted by molar-refractivity contribution is 6.12. The molecular formula is C23H27FN4O5. The Morgan fingerprint density at radius 2 is 2.09 bits per heavy atom. The van der Waals surface area contributed by atoms with E-state index in [1.807, 2.05) is 6.92 Å². The fourth-order valence-corrected chi connectivity index (χ4v) is 4.69. The van der Waals surface area contributed by atoms with E-state index in [0.717, 1.165) is 24.6 Å². The lowest BCUT2D eigenvalue weighted by Gasteiger charge is -2.42. The molecule has 4 rings (SSSR count). The van der Waals surface area contributed by atoms with Crippen molar-refractivity contribution in [3.05, 3.63) is 39.4 Å². The number of ketones is 1. The number of aromatic carboxylic acids is 1. The van der Waals surface area contributed by atoms with E-state index in [1.165, 1.54) is 20.2 Å². The molecule has 1 atom stereocenters. The number of nitrogens with zero attached hydrogens (tertiary/aromatic N) is 3. The average molecular weight is 458 g/mol. The van der Waals surface area contributed by atoms with Gasteiger partial charge in [-0.2, -0.15) is 0 Å². The second-order valence-corrected chi connectivity index (χ2v) is 9.01. The molecule has 3 N–H and O–H groups in total. The number of carbonyl (C=O) groups is 2. The van der Waals surface area contributed by atoms with E-state index >= 15 is 4.39 Å². The maximum Gasteiger partial charge on any atom is 0.341 e. The lowest BCUT2D eigenvalue weighted by atomic mass is 9.79. The van der Waals surface area contributed by atoms with Crippen LogP contribution in [0.15, 0.2) is 22.2 Å². The molecule has 1 aromatic heterocycles. The molecule has 2 heterocycles. The van der Waals surface area contributed by atoms with Gasteiger partial charge in [-0.15, -0.1) is 0 Å². The Labute approximate surface area is 189 Å². The maximum absolute atomic E-state index is 15.6. The van der Waals surface area contributed by atoms with Crippen molar-refractivity contribution >= 4 is 34.1 Å². The number of fused-ring (bicyclic) bond motifs is 1. The molecule has 0 bridgehead atoms. The Morgan fingerprint density at radius 1 is 1.39 bits per heavy atom. The van der Waals surface area contributed by atoms with Gasteiger partial charge in [0.1, 0.15) is 18.5 Å². The van der Waals surface area contributed by atoms with Crippen LogP contribution in [0.25, 0.3) is 10.9 Å². The van der Waals surface area contributed by atoms with Crippen molar-refractivity contribution in [2.75, 3.05) is 31.6 Å². The zero-order valence-corrected chi connectivity index (χ0v) is 18.9. The largest absolute Gasteiger partial charge is 0.477 e. The van der Waals surface area contributed by atoms with Gasteiger partial charge in [0.2, 0.25) is 5.43 Å². The van der Waals surface area contributed by atoms with Gasteiger partial charge in [-0.25, -0.2) is 9.18 Å². The number of hydrogen-bond donors (Lipinski definition) is 2. The lowest BCUT2D eigenvalue weighted by Crippen LogP contribution is -2.52. The van der Waals surface area contributed by atoms with Crippen LogP contribution in [-0.2, 0) is 4.84 Å². The van der Waals surface area contributed by atoms with E-state index in [-0.39, 0.29) is 34.7 Å². The molecule has 10 heteroatoms. The third kappa shape index (κ3) is 3.78. The fourth-order valence-electron chi connectivity index (χ4n) is 4.69.